The van der Waals surface area contributed by atoms with Crippen LogP contribution >= 0.6 is 15.9 Å². The molecular formula is C14H24BrNO6. The summed E-state index contributed by atoms with van der Waals surface area (Å²) in [5, 5.41) is 42.3. The van der Waals surface area contributed by atoms with Crippen molar-refractivity contribution in [2.24, 2.45) is 5.92 Å². The molecular weight excluding hydrogens is 358 g/mol. The summed E-state index contributed by atoms with van der Waals surface area (Å²) in [5.41, 5.74) is 0. The molecule has 0 spiro atoms. The van der Waals surface area contributed by atoms with Crippen LogP contribution in [0.1, 0.15) is 19.3 Å². The number of aliphatic hydroxyl groups is 4. The van der Waals surface area contributed by atoms with E-state index in [4.69, 9.17) is 9.47 Å². The number of hydrogen-bond acceptors (Lipinski definition) is 7. The first-order valence-electron chi connectivity index (χ1n) is 7.84. The van der Waals surface area contributed by atoms with Crippen LogP contribution in [0.4, 0.5) is 0 Å². The van der Waals surface area contributed by atoms with E-state index in [-0.39, 0.29) is 6.10 Å². The lowest BCUT2D eigenvalue weighted by molar-refractivity contribution is -0.312. The first-order valence-corrected chi connectivity index (χ1v) is 8.76. The highest BCUT2D eigenvalue weighted by Gasteiger charge is 2.47. The monoisotopic (exact) mass is 381 g/mol. The van der Waals surface area contributed by atoms with E-state index in [0.29, 0.717) is 23.3 Å². The molecule has 9 unspecified atom stereocenters. The second-order valence-corrected chi connectivity index (χ2v) is 7.76. The molecule has 0 aromatic heterocycles. The van der Waals surface area contributed by atoms with Gasteiger partial charge >= 0.3 is 0 Å². The SMILES string of the molecule is OCC1OC(OC2CNC3CCC(Br)CC32)C(O)C(O)C1O. The Bertz CT molecular complexity index is 386. The van der Waals surface area contributed by atoms with Gasteiger partial charge in [-0.1, -0.05) is 15.9 Å². The summed E-state index contributed by atoms with van der Waals surface area (Å²) in [6.45, 7) is 0.229. The molecule has 22 heavy (non-hydrogen) atoms. The third kappa shape index (κ3) is 3.21. The van der Waals surface area contributed by atoms with Crippen molar-refractivity contribution in [2.45, 2.75) is 66.9 Å². The lowest BCUT2D eigenvalue weighted by atomic mass is 9.84. The predicted octanol–water partition coefficient (Wildman–Crippen LogP) is -1.29. The quantitative estimate of drug-likeness (QED) is 0.386. The molecule has 2 saturated heterocycles. The van der Waals surface area contributed by atoms with Gasteiger partial charge in [-0.3, -0.25) is 0 Å². The van der Waals surface area contributed by atoms with Crippen molar-refractivity contribution in [3.63, 3.8) is 0 Å². The van der Waals surface area contributed by atoms with Crippen LogP contribution in [0.25, 0.3) is 0 Å². The van der Waals surface area contributed by atoms with Crippen molar-refractivity contribution in [2.75, 3.05) is 13.2 Å². The summed E-state index contributed by atoms with van der Waals surface area (Å²) in [6, 6.07) is 0.406. The van der Waals surface area contributed by atoms with Gasteiger partial charge in [0.2, 0.25) is 0 Å². The van der Waals surface area contributed by atoms with Gasteiger partial charge in [0.05, 0.1) is 12.7 Å². The zero-order valence-corrected chi connectivity index (χ0v) is 13.8. The van der Waals surface area contributed by atoms with Crippen LogP contribution in [0, 0.1) is 5.92 Å². The van der Waals surface area contributed by atoms with Crippen LogP contribution in [-0.2, 0) is 9.47 Å². The number of nitrogens with one attached hydrogen (secondary N) is 1. The van der Waals surface area contributed by atoms with Crippen LogP contribution in [0.5, 0.6) is 0 Å². The van der Waals surface area contributed by atoms with Crippen molar-refractivity contribution in [3.8, 4) is 0 Å². The van der Waals surface area contributed by atoms with E-state index in [1.807, 2.05) is 0 Å². The molecule has 0 amide bonds. The molecule has 3 fully saturated rings. The summed E-state index contributed by atoms with van der Waals surface area (Å²) in [5.74, 6) is 0.325. The second kappa shape index (κ2) is 6.98. The van der Waals surface area contributed by atoms with Gasteiger partial charge in [0.25, 0.3) is 0 Å². The standard InChI is InChI=1S/C14H24BrNO6/c15-6-1-2-8-7(3-6)9(4-16-8)21-14-13(20)12(19)11(18)10(5-17)22-14/h6-14,16-20H,1-5H2. The van der Waals surface area contributed by atoms with Gasteiger partial charge in [-0.15, -0.1) is 0 Å². The van der Waals surface area contributed by atoms with Crippen LogP contribution in [0.15, 0.2) is 0 Å². The molecule has 2 aliphatic heterocycles. The van der Waals surface area contributed by atoms with Crippen molar-refractivity contribution in [3.05, 3.63) is 0 Å². The van der Waals surface area contributed by atoms with E-state index in [1.54, 1.807) is 0 Å². The van der Waals surface area contributed by atoms with Gasteiger partial charge in [0, 0.05) is 23.3 Å². The van der Waals surface area contributed by atoms with Gasteiger partial charge < -0.3 is 35.2 Å². The average molecular weight is 382 g/mol. The molecule has 1 saturated carbocycles. The Labute approximate surface area is 137 Å². The number of halogens is 1. The Morgan fingerprint density at radius 2 is 1.91 bits per heavy atom. The molecule has 3 rings (SSSR count). The van der Waals surface area contributed by atoms with Gasteiger partial charge in [-0.25, -0.2) is 0 Å². The fourth-order valence-electron chi connectivity index (χ4n) is 3.74. The third-order valence-corrected chi connectivity index (χ3v) is 5.88. The lowest BCUT2D eigenvalue weighted by Gasteiger charge is -2.41. The Hall–Kier alpha value is 0.200. The molecule has 0 aromatic rings. The van der Waals surface area contributed by atoms with Gasteiger partial charge in [0.15, 0.2) is 6.29 Å². The molecule has 0 aromatic carbocycles. The molecule has 1 aliphatic carbocycles. The zero-order valence-electron chi connectivity index (χ0n) is 12.2. The molecule has 0 radical (unpaired) electrons. The van der Waals surface area contributed by atoms with Gasteiger partial charge in [-0.05, 0) is 19.3 Å². The Morgan fingerprint density at radius 1 is 1.14 bits per heavy atom. The Balaban J connectivity index is 1.64. The summed E-state index contributed by atoms with van der Waals surface area (Å²) in [6.07, 6.45) is -2.98. The molecule has 2 heterocycles. The fourth-order valence-corrected chi connectivity index (χ4v) is 4.43. The summed E-state index contributed by atoms with van der Waals surface area (Å²) >= 11 is 3.66. The van der Waals surface area contributed by atoms with Crippen molar-refractivity contribution < 1.29 is 29.9 Å². The predicted molar refractivity (Wildman–Crippen MR) is 80.5 cm³/mol. The second-order valence-electron chi connectivity index (χ2n) is 6.46. The highest BCUT2D eigenvalue weighted by Crippen LogP contribution is 2.37. The lowest BCUT2D eigenvalue weighted by Crippen LogP contribution is -2.60. The maximum Gasteiger partial charge on any atom is 0.187 e. The summed E-state index contributed by atoms with van der Waals surface area (Å²) in [4.78, 5) is 0.467. The molecule has 7 nitrogen and oxygen atoms in total. The maximum atomic E-state index is 10.1. The maximum absolute atomic E-state index is 10.1. The van der Waals surface area contributed by atoms with Crippen LogP contribution in [0.2, 0.25) is 0 Å². The van der Waals surface area contributed by atoms with E-state index in [0.717, 1.165) is 19.3 Å². The average Bonchev–Trinajstić information content (AvgIpc) is 2.90. The first kappa shape index (κ1) is 17.0. The Kier molecular flexibility index (Phi) is 5.41. The fraction of sp³-hybridized carbons (Fsp3) is 1.00. The topological polar surface area (TPSA) is 111 Å². The third-order valence-electron chi connectivity index (χ3n) is 5.05. The molecule has 8 heteroatoms. The number of alkyl halides is 1. The minimum Gasteiger partial charge on any atom is -0.394 e. The molecule has 128 valence electrons. The molecule has 0 bridgehead atoms. The minimum atomic E-state index is -1.39. The number of ether oxygens (including phenoxy) is 2. The highest BCUT2D eigenvalue weighted by atomic mass is 79.9. The van der Waals surface area contributed by atoms with E-state index in [2.05, 4.69) is 21.2 Å². The number of rotatable bonds is 3. The van der Waals surface area contributed by atoms with Crippen LogP contribution in [0.3, 0.4) is 0 Å². The van der Waals surface area contributed by atoms with Gasteiger partial charge in [-0.2, -0.15) is 0 Å². The largest absolute Gasteiger partial charge is 0.394 e. The first-order chi connectivity index (χ1) is 10.5. The highest BCUT2D eigenvalue weighted by molar-refractivity contribution is 9.09. The molecule has 9 atom stereocenters. The number of aliphatic hydroxyl groups excluding tert-OH is 4. The zero-order chi connectivity index (χ0) is 15.9. The normalized spacial score (nSPS) is 52.5. The van der Waals surface area contributed by atoms with Gasteiger partial charge in [0.1, 0.15) is 24.4 Å². The molecule has 5 N–H and O–H groups in total. The van der Waals surface area contributed by atoms with Crippen molar-refractivity contribution in [1.82, 2.24) is 5.32 Å². The summed E-state index contributed by atoms with van der Waals surface area (Å²) < 4.78 is 11.3. The summed E-state index contributed by atoms with van der Waals surface area (Å²) in [7, 11) is 0. The molecule has 3 aliphatic rings. The number of fused-ring (bicyclic) bond motifs is 1. The Morgan fingerprint density at radius 3 is 2.64 bits per heavy atom. The van der Waals surface area contributed by atoms with E-state index in [9.17, 15) is 20.4 Å². The minimum absolute atomic E-state index is 0.119. The smallest absolute Gasteiger partial charge is 0.187 e. The van der Waals surface area contributed by atoms with E-state index < -0.39 is 37.3 Å². The van der Waals surface area contributed by atoms with E-state index >= 15 is 0 Å². The number of hydrogen-bond donors (Lipinski definition) is 5. The van der Waals surface area contributed by atoms with Crippen LogP contribution in [-0.4, -0.2) is 81.3 Å². The van der Waals surface area contributed by atoms with Crippen molar-refractivity contribution in [1.29, 1.82) is 0 Å². The van der Waals surface area contributed by atoms with Crippen molar-refractivity contribution >= 4 is 15.9 Å². The van der Waals surface area contributed by atoms with E-state index in [1.165, 1.54) is 0 Å². The van der Waals surface area contributed by atoms with Crippen LogP contribution < -0.4 is 5.32 Å².